The zero-order chi connectivity index (χ0) is 8.85. The van der Waals surface area contributed by atoms with Gasteiger partial charge in [0.2, 0.25) is 5.91 Å². The molecule has 0 rings (SSSR count). The van der Waals surface area contributed by atoms with Crippen molar-refractivity contribution >= 4 is 11.8 Å². The van der Waals surface area contributed by atoms with Crippen molar-refractivity contribution in [3.63, 3.8) is 0 Å². The lowest BCUT2D eigenvalue weighted by Gasteiger charge is -2.01. The number of primary amides is 1. The monoisotopic (exact) mass is 156 g/mol. The van der Waals surface area contributed by atoms with E-state index in [-0.39, 0.29) is 11.6 Å². The molecule has 0 fully saturated rings. The second-order valence-corrected chi connectivity index (χ2v) is 2.07. The van der Waals surface area contributed by atoms with Crippen LogP contribution in [0, 0.1) is 0 Å². The van der Waals surface area contributed by atoms with Crippen molar-refractivity contribution in [1.29, 1.82) is 0 Å². The molecule has 0 bridgehead atoms. The van der Waals surface area contributed by atoms with Gasteiger partial charge < -0.3 is 11.1 Å². The molecule has 0 aromatic carbocycles. The van der Waals surface area contributed by atoms with Gasteiger partial charge in [0.25, 0.3) is 5.91 Å². The summed E-state index contributed by atoms with van der Waals surface area (Å²) in [5.41, 5.74) is 5.12. The third-order valence-corrected chi connectivity index (χ3v) is 0.984. The fourth-order valence-electron chi connectivity index (χ4n) is 0.607. The van der Waals surface area contributed by atoms with Gasteiger partial charge in [-0.1, -0.05) is 13.0 Å². The van der Waals surface area contributed by atoms with Crippen LogP contribution in [0.15, 0.2) is 11.8 Å². The highest BCUT2D eigenvalue weighted by Gasteiger charge is 2.03. The number of hydrogen-bond donors (Lipinski definition) is 2. The lowest BCUT2D eigenvalue weighted by atomic mass is 10.3. The van der Waals surface area contributed by atoms with Gasteiger partial charge in [0.15, 0.2) is 0 Å². The number of carbonyl (C=O) groups excluding carboxylic acids is 2. The molecule has 0 spiro atoms. The summed E-state index contributed by atoms with van der Waals surface area (Å²) < 4.78 is 0. The van der Waals surface area contributed by atoms with Gasteiger partial charge in [0, 0.05) is 6.92 Å². The minimum atomic E-state index is -0.609. The first-order chi connectivity index (χ1) is 5.07. The maximum atomic E-state index is 10.6. The first-order valence-corrected chi connectivity index (χ1v) is 3.35. The van der Waals surface area contributed by atoms with Crippen LogP contribution in [-0.2, 0) is 9.59 Å². The predicted molar refractivity (Wildman–Crippen MR) is 41.4 cm³/mol. The highest BCUT2D eigenvalue weighted by molar-refractivity contribution is 5.95. The minimum Gasteiger partial charge on any atom is -0.364 e. The maximum absolute atomic E-state index is 10.6. The molecule has 0 aliphatic rings. The topological polar surface area (TPSA) is 72.2 Å². The fraction of sp³-hybridized carbons (Fsp3) is 0.429. The summed E-state index contributed by atoms with van der Waals surface area (Å²) in [6.45, 7) is 3.18. The Labute approximate surface area is 65.5 Å². The van der Waals surface area contributed by atoms with E-state index in [1.54, 1.807) is 6.08 Å². The molecule has 2 amide bonds. The maximum Gasteiger partial charge on any atom is 0.264 e. The molecule has 0 heterocycles. The van der Waals surface area contributed by atoms with Gasteiger partial charge >= 0.3 is 0 Å². The Balaban J connectivity index is 4.23. The van der Waals surface area contributed by atoms with E-state index in [1.807, 2.05) is 6.92 Å². The third kappa shape index (κ3) is 4.13. The van der Waals surface area contributed by atoms with E-state index in [1.165, 1.54) is 6.92 Å². The SMILES string of the molecule is CCC=C(NC(C)=O)C(N)=O. The molecule has 4 nitrogen and oxygen atoms in total. The molecule has 11 heavy (non-hydrogen) atoms. The average molecular weight is 156 g/mol. The summed E-state index contributed by atoms with van der Waals surface area (Å²) in [6, 6.07) is 0. The van der Waals surface area contributed by atoms with Crippen LogP contribution in [0.5, 0.6) is 0 Å². The predicted octanol–water partition coefficient (Wildman–Crippen LogP) is -0.0983. The standard InChI is InChI=1S/C7H12N2O2/c1-3-4-6(7(8)11)9-5(2)10/h4H,3H2,1-2H3,(H2,8,11)(H,9,10). The van der Waals surface area contributed by atoms with Crippen molar-refractivity contribution in [3.8, 4) is 0 Å². The molecule has 0 aliphatic heterocycles. The summed E-state index contributed by atoms with van der Waals surface area (Å²) in [7, 11) is 0. The highest BCUT2D eigenvalue weighted by Crippen LogP contribution is 1.90. The number of nitrogens with one attached hydrogen (secondary N) is 1. The Hall–Kier alpha value is -1.32. The first kappa shape index (κ1) is 9.68. The first-order valence-electron chi connectivity index (χ1n) is 3.35. The molecule has 0 saturated carbocycles. The zero-order valence-corrected chi connectivity index (χ0v) is 6.68. The van der Waals surface area contributed by atoms with Crippen LogP contribution in [0.25, 0.3) is 0 Å². The summed E-state index contributed by atoms with van der Waals surface area (Å²) in [5, 5.41) is 2.33. The lowest BCUT2D eigenvalue weighted by molar-refractivity contribution is -0.121. The minimum absolute atomic E-state index is 0.167. The Kier molecular flexibility index (Phi) is 3.95. The van der Waals surface area contributed by atoms with E-state index in [4.69, 9.17) is 5.73 Å². The van der Waals surface area contributed by atoms with Crippen molar-refractivity contribution < 1.29 is 9.59 Å². The van der Waals surface area contributed by atoms with Gasteiger partial charge in [0.1, 0.15) is 5.70 Å². The number of hydrogen-bond acceptors (Lipinski definition) is 2. The zero-order valence-electron chi connectivity index (χ0n) is 6.68. The summed E-state index contributed by atoms with van der Waals surface area (Å²) in [5.74, 6) is -0.898. The van der Waals surface area contributed by atoms with Crippen LogP contribution < -0.4 is 11.1 Å². The molecule has 3 N–H and O–H groups in total. The highest BCUT2D eigenvalue weighted by atomic mass is 16.2. The van der Waals surface area contributed by atoms with Crippen LogP contribution in [0.2, 0.25) is 0 Å². The van der Waals surface area contributed by atoms with E-state index in [9.17, 15) is 9.59 Å². The van der Waals surface area contributed by atoms with Crippen molar-refractivity contribution in [3.05, 3.63) is 11.8 Å². The van der Waals surface area contributed by atoms with Gasteiger partial charge in [-0.2, -0.15) is 0 Å². The Bertz CT molecular complexity index is 197. The molecule has 0 saturated heterocycles. The molecule has 0 aromatic rings. The number of carbonyl (C=O) groups is 2. The molecule has 62 valence electrons. The average Bonchev–Trinajstić information content (AvgIpc) is 1.86. The number of allylic oxidation sites excluding steroid dienone is 1. The smallest absolute Gasteiger partial charge is 0.264 e. The Morgan fingerprint density at radius 1 is 1.55 bits per heavy atom. The van der Waals surface area contributed by atoms with Crippen molar-refractivity contribution in [2.45, 2.75) is 20.3 Å². The van der Waals surface area contributed by atoms with E-state index in [0.29, 0.717) is 6.42 Å². The molecule has 4 heteroatoms. The Morgan fingerprint density at radius 2 is 2.09 bits per heavy atom. The molecule has 0 aromatic heterocycles. The number of rotatable bonds is 3. The summed E-state index contributed by atoms with van der Waals surface area (Å²) >= 11 is 0. The molecule has 0 atom stereocenters. The van der Waals surface area contributed by atoms with Crippen LogP contribution in [-0.4, -0.2) is 11.8 Å². The van der Waals surface area contributed by atoms with Crippen molar-refractivity contribution in [1.82, 2.24) is 5.32 Å². The quantitative estimate of drug-likeness (QED) is 0.560. The lowest BCUT2D eigenvalue weighted by Crippen LogP contribution is -2.29. The van der Waals surface area contributed by atoms with Gasteiger partial charge in [-0.05, 0) is 6.42 Å². The van der Waals surface area contributed by atoms with Gasteiger partial charge in [-0.25, -0.2) is 0 Å². The number of nitrogens with two attached hydrogens (primary N) is 1. The fourth-order valence-corrected chi connectivity index (χ4v) is 0.607. The van der Waals surface area contributed by atoms with Crippen LogP contribution >= 0.6 is 0 Å². The molecule has 0 aliphatic carbocycles. The second-order valence-electron chi connectivity index (χ2n) is 2.07. The third-order valence-electron chi connectivity index (χ3n) is 0.984. The molecule has 0 unspecified atom stereocenters. The van der Waals surface area contributed by atoms with E-state index in [2.05, 4.69) is 5.32 Å². The summed E-state index contributed by atoms with van der Waals surface area (Å²) in [4.78, 5) is 21.0. The van der Waals surface area contributed by atoms with E-state index < -0.39 is 5.91 Å². The van der Waals surface area contributed by atoms with Crippen LogP contribution in [0.3, 0.4) is 0 Å². The van der Waals surface area contributed by atoms with Gasteiger partial charge in [-0.3, -0.25) is 9.59 Å². The molecular weight excluding hydrogens is 144 g/mol. The number of amides is 2. The van der Waals surface area contributed by atoms with Crippen LogP contribution in [0.4, 0.5) is 0 Å². The summed E-state index contributed by atoms with van der Waals surface area (Å²) in [6.07, 6.45) is 2.24. The van der Waals surface area contributed by atoms with Crippen LogP contribution in [0.1, 0.15) is 20.3 Å². The van der Waals surface area contributed by atoms with Crippen molar-refractivity contribution in [2.75, 3.05) is 0 Å². The van der Waals surface area contributed by atoms with E-state index >= 15 is 0 Å². The second kappa shape index (κ2) is 4.49. The largest absolute Gasteiger partial charge is 0.364 e. The molecule has 0 radical (unpaired) electrons. The van der Waals surface area contributed by atoms with E-state index in [0.717, 1.165) is 0 Å². The van der Waals surface area contributed by atoms with Crippen molar-refractivity contribution in [2.24, 2.45) is 5.73 Å². The van der Waals surface area contributed by atoms with Gasteiger partial charge in [0.05, 0.1) is 0 Å². The normalized spacial score (nSPS) is 10.9. The Morgan fingerprint density at radius 3 is 2.36 bits per heavy atom. The van der Waals surface area contributed by atoms with Gasteiger partial charge in [-0.15, -0.1) is 0 Å². The molecular formula is C7H12N2O2.